The molecule has 0 bridgehead atoms. The predicted octanol–water partition coefficient (Wildman–Crippen LogP) is 3.13. The monoisotopic (exact) mass is 250 g/mol. The molecule has 0 aromatic rings. The van der Waals surface area contributed by atoms with E-state index in [0.29, 0.717) is 11.8 Å². The van der Waals surface area contributed by atoms with Gasteiger partial charge in [-0.25, -0.2) is 0 Å². The molecule has 0 radical (unpaired) electrons. The quantitative estimate of drug-likeness (QED) is 0.816. The smallest absolute Gasteiger partial charge is 0.0686 e. The van der Waals surface area contributed by atoms with Crippen molar-refractivity contribution in [3.63, 3.8) is 0 Å². The van der Waals surface area contributed by atoms with E-state index in [1.54, 1.807) is 0 Å². The Morgan fingerprint density at radius 2 is 1.72 bits per heavy atom. The molecule has 4 unspecified atom stereocenters. The van der Waals surface area contributed by atoms with Crippen LogP contribution in [0.4, 0.5) is 0 Å². The Morgan fingerprint density at radius 1 is 1.00 bits per heavy atom. The van der Waals surface area contributed by atoms with Gasteiger partial charge in [-0.3, -0.25) is 0 Å². The minimum atomic E-state index is -0.0123. The Balaban J connectivity index is 1.42. The van der Waals surface area contributed by atoms with Crippen LogP contribution in [0.25, 0.3) is 0 Å². The Morgan fingerprint density at radius 3 is 2.44 bits per heavy atom. The zero-order valence-corrected chi connectivity index (χ0v) is 11.3. The van der Waals surface area contributed by atoms with Gasteiger partial charge in [0.1, 0.15) is 0 Å². The fourth-order valence-electron chi connectivity index (χ4n) is 5.42. The van der Waals surface area contributed by atoms with Crippen LogP contribution in [0.1, 0.15) is 57.8 Å². The summed E-state index contributed by atoms with van der Waals surface area (Å²) >= 11 is 0. The van der Waals surface area contributed by atoms with Gasteiger partial charge in [0.15, 0.2) is 0 Å². The van der Waals surface area contributed by atoms with Crippen molar-refractivity contribution in [2.75, 3.05) is 6.61 Å². The zero-order valence-electron chi connectivity index (χ0n) is 11.3. The first-order valence-corrected chi connectivity index (χ1v) is 8.11. The van der Waals surface area contributed by atoms with E-state index in [2.05, 4.69) is 0 Å². The second-order valence-corrected chi connectivity index (χ2v) is 7.32. The number of ether oxygens (including phenoxy) is 1. The van der Waals surface area contributed by atoms with Gasteiger partial charge in [0.05, 0.1) is 11.7 Å². The van der Waals surface area contributed by atoms with Gasteiger partial charge in [-0.15, -0.1) is 0 Å². The second-order valence-electron chi connectivity index (χ2n) is 7.32. The van der Waals surface area contributed by atoms with E-state index in [4.69, 9.17) is 4.74 Å². The van der Waals surface area contributed by atoms with Crippen LogP contribution in [-0.4, -0.2) is 23.4 Å². The third kappa shape index (κ3) is 1.76. The molecule has 1 aliphatic heterocycles. The van der Waals surface area contributed by atoms with Crippen LogP contribution in [0.15, 0.2) is 0 Å². The molecular formula is C16H26O2. The number of fused-ring (bicyclic) bond motifs is 1. The number of hydrogen-bond acceptors (Lipinski definition) is 2. The molecule has 2 heteroatoms. The molecule has 1 spiro atoms. The summed E-state index contributed by atoms with van der Waals surface area (Å²) in [4.78, 5) is 0. The van der Waals surface area contributed by atoms with Crippen LogP contribution in [0, 0.1) is 23.7 Å². The molecule has 18 heavy (non-hydrogen) atoms. The fraction of sp³-hybridized carbons (Fsp3) is 1.00. The van der Waals surface area contributed by atoms with Crippen molar-refractivity contribution in [1.82, 2.24) is 0 Å². The molecule has 1 N–H and O–H groups in total. The minimum absolute atomic E-state index is 0.0123. The van der Waals surface area contributed by atoms with Crippen molar-refractivity contribution in [3.05, 3.63) is 0 Å². The SMILES string of the molecule is OC(C1CCOC2(CCCC2)C1)C1C2CCCC21. The third-order valence-electron chi connectivity index (χ3n) is 6.40. The maximum atomic E-state index is 10.7. The molecule has 4 atom stereocenters. The standard InChI is InChI=1S/C16H26O2/c17-15(14-12-4-3-5-13(12)14)11-6-9-18-16(10-11)7-1-2-8-16/h11-15,17H,1-10H2. The van der Waals surface area contributed by atoms with Crippen LogP contribution < -0.4 is 0 Å². The Bertz CT molecular complexity index is 311. The highest BCUT2D eigenvalue weighted by Crippen LogP contribution is 2.61. The van der Waals surface area contributed by atoms with Crippen molar-refractivity contribution in [2.45, 2.75) is 69.5 Å². The summed E-state index contributed by atoms with van der Waals surface area (Å²) in [6.45, 7) is 0.893. The minimum Gasteiger partial charge on any atom is -0.393 e. The van der Waals surface area contributed by atoms with E-state index in [-0.39, 0.29) is 11.7 Å². The van der Waals surface area contributed by atoms with Gasteiger partial charge in [0, 0.05) is 6.61 Å². The Labute approximate surface area is 110 Å². The van der Waals surface area contributed by atoms with Gasteiger partial charge in [-0.05, 0) is 62.2 Å². The van der Waals surface area contributed by atoms with Crippen LogP contribution >= 0.6 is 0 Å². The highest BCUT2D eigenvalue weighted by molar-refractivity contribution is 5.06. The predicted molar refractivity (Wildman–Crippen MR) is 70.2 cm³/mol. The average molecular weight is 250 g/mol. The van der Waals surface area contributed by atoms with E-state index >= 15 is 0 Å². The molecule has 0 aromatic heterocycles. The topological polar surface area (TPSA) is 29.5 Å². The molecule has 4 fully saturated rings. The maximum absolute atomic E-state index is 10.7. The van der Waals surface area contributed by atoms with Gasteiger partial charge in [-0.2, -0.15) is 0 Å². The first-order valence-electron chi connectivity index (χ1n) is 8.11. The van der Waals surface area contributed by atoms with Crippen molar-refractivity contribution < 1.29 is 9.84 Å². The second kappa shape index (κ2) is 4.21. The van der Waals surface area contributed by atoms with Crippen molar-refractivity contribution in [3.8, 4) is 0 Å². The number of aliphatic hydroxyl groups excluding tert-OH is 1. The van der Waals surface area contributed by atoms with E-state index in [9.17, 15) is 5.11 Å². The maximum Gasteiger partial charge on any atom is 0.0686 e. The molecule has 3 saturated carbocycles. The van der Waals surface area contributed by atoms with Crippen molar-refractivity contribution >= 4 is 0 Å². The van der Waals surface area contributed by atoms with Crippen LogP contribution in [0.2, 0.25) is 0 Å². The molecule has 4 rings (SSSR count). The summed E-state index contributed by atoms with van der Waals surface area (Å²) in [6.07, 6.45) is 11.6. The Kier molecular flexibility index (Phi) is 2.74. The lowest BCUT2D eigenvalue weighted by Gasteiger charge is -2.40. The fourth-order valence-corrected chi connectivity index (χ4v) is 5.42. The van der Waals surface area contributed by atoms with Gasteiger partial charge in [0.2, 0.25) is 0 Å². The van der Waals surface area contributed by atoms with Gasteiger partial charge in [-0.1, -0.05) is 19.3 Å². The van der Waals surface area contributed by atoms with Crippen LogP contribution in [0.3, 0.4) is 0 Å². The lowest BCUT2D eigenvalue weighted by Crippen LogP contribution is -2.42. The van der Waals surface area contributed by atoms with Gasteiger partial charge >= 0.3 is 0 Å². The normalized spacial score (nSPS) is 47.2. The molecule has 0 amide bonds. The largest absolute Gasteiger partial charge is 0.393 e. The molecule has 0 aromatic carbocycles. The summed E-state index contributed by atoms with van der Waals surface area (Å²) in [6, 6.07) is 0. The summed E-state index contributed by atoms with van der Waals surface area (Å²) < 4.78 is 6.09. The first-order chi connectivity index (χ1) is 8.79. The van der Waals surface area contributed by atoms with E-state index < -0.39 is 0 Å². The van der Waals surface area contributed by atoms with Gasteiger partial charge < -0.3 is 9.84 Å². The number of hydrogen-bond donors (Lipinski definition) is 1. The summed E-state index contributed by atoms with van der Waals surface area (Å²) in [5.41, 5.74) is 0.175. The molecule has 4 aliphatic rings. The summed E-state index contributed by atoms with van der Waals surface area (Å²) in [5, 5.41) is 10.7. The van der Waals surface area contributed by atoms with E-state index in [1.165, 1.54) is 44.9 Å². The summed E-state index contributed by atoms with van der Waals surface area (Å²) in [5.74, 6) is 2.98. The highest BCUT2D eigenvalue weighted by Gasteiger charge is 2.57. The lowest BCUT2D eigenvalue weighted by molar-refractivity contribution is -0.116. The lowest BCUT2D eigenvalue weighted by atomic mass is 9.79. The van der Waals surface area contributed by atoms with E-state index in [1.807, 2.05) is 0 Å². The first kappa shape index (κ1) is 11.7. The molecular weight excluding hydrogens is 224 g/mol. The van der Waals surface area contributed by atoms with E-state index in [0.717, 1.165) is 31.3 Å². The molecule has 102 valence electrons. The summed E-state index contributed by atoms with van der Waals surface area (Å²) in [7, 11) is 0. The third-order valence-corrected chi connectivity index (χ3v) is 6.40. The Hall–Kier alpha value is -0.0800. The average Bonchev–Trinajstić information content (AvgIpc) is 2.78. The molecule has 1 saturated heterocycles. The van der Waals surface area contributed by atoms with Gasteiger partial charge in [0.25, 0.3) is 0 Å². The zero-order chi connectivity index (χ0) is 12.2. The number of rotatable bonds is 2. The van der Waals surface area contributed by atoms with Crippen LogP contribution in [-0.2, 0) is 4.74 Å². The van der Waals surface area contributed by atoms with Crippen molar-refractivity contribution in [1.29, 1.82) is 0 Å². The van der Waals surface area contributed by atoms with Crippen LogP contribution in [0.5, 0.6) is 0 Å². The number of aliphatic hydroxyl groups is 1. The highest BCUT2D eigenvalue weighted by atomic mass is 16.5. The molecule has 3 aliphatic carbocycles. The molecule has 2 nitrogen and oxygen atoms in total. The molecule has 1 heterocycles. The van der Waals surface area contributed by atoms with Crippen molar-refractivity contribution in [2.24, 2.45) is 23.7 Å².